The molecule has 0 spiro atoms. The maximum absolute atomic E-state index is 13.9. The van der Waals surface area contributed by atoms with E-state index in [-0.39, 0.29) is 55.0 Å². The van der Waals surface area contributed by atoms with Crippen LogP contribution < -0.4 is 11.1 Å². The molecule has 39 heavy (non-hydrogen) atoms. The van der Waals surface area contributed by atoms with Gasteiger partial charge in [-0.2, -0.15) is 9.57 Å². The first-order valence-electron chi connectivity index (χ1n) is 12.5. The molecule has 2 amide bonds. The van der Waals surface area contributed by atoms with E-state index in [9.17, 15) is 23.3 Å². The van der Waals surface area contributed by atoms with E-state index in [0.717, 1.165) is 17.0 Å². The van der Waals surface area contributed by atoms with E-state index >= 15 is 0 Å². The molecule has 206 valence electrons. The van der Waals surface area contributed by atoms with Gasteiger partial charge < -0.3 is 20.4 Å². The molecule has 11 nitrogen and oxygen atoms in total. The van der Waals surface area contributed by atoms with E-state index < -0.39 is 27.9 Å². The van der Waals surface area contributed by atoms with E-state index in [1.165, 1.54) is 4.31 Å². The lowest BCUT2D eigenvalue weighted by Gasteiger charge is -2.40. The second-order valence-corrected chi connectivity index (χ2v) is 13.4. The normalized spacial score (nSPS) is 20.1. The zero-order chi connectivity index (χ0) is 27.9. The van der Waals surface area contributed by atoms with E-state index in [4.69, 9.17) is 21.8 Å². The number of hydrogen-bond acceptors (Lipinski definition) is 9. The Morgan fingerprint density at radius 2 is 2.15 bits per heavy atom. The van der Waals surface area contributed by atoms with Crippen LogP contribution in [0.25, 0.3) is 10.1 Å². The number of sulfonamides is 1. The van der Waals surface area contributed by atoms with Crippen molar-refractivity contribution >= 4 is 54.9 Å². The Bertz CT molecular complexity index is 1590. The first kappa shape index (κ1) is 27.5. The second kappa shape index (κ2) is 10.9. The molecule has 3 aromatic rings. The summed E-state index contributed by atoms with van der Waals surface area (Å²) in [5.41, 5.74) is 6.54. The Morgan fingerprint density at radius 3 is 2.90 bits per heavy atom. The summed E-state index contributed by atoms with van der Waals surface area (Å²) < 4.78 is 35.6. The van der Waals surface area contributed by atoms with Gasteiger partial charge >= 0.3 is 5.91 Å². The topological polar surface area (TPSA) is 163 Å². The summed E-state index contributed by atoms with van der Waals surface area (Å²) in [4.78, 5) is 31.3. The number of halogens is 1. The average Bonchev–Trinajstić information content (AvgIpc) is 3.47. The number of carbonyl (C=O) groups excluding carboxylic acids is 2. The molecule has 2 aromatic heterocycles. The predicted molar refractivity (Wildman–Crippen MR) is 145 cm³/mol. The SMILES string of the molecule is CC1Cc2nc(C(=O)N3CCN(S(=O)(=O)c4sc5cc(Cl)ccc5c4CC(N)=O)CC3CCC#N)oc2CN1. The van der Waals surface area contributed by atoms with Gasteiger partial charge in [0.05, 0.1) is 24.7 Å². The number of fused-ring (bicyclic) bond motifs is 2. The lowest BCUT2D eigenvalue weighted by atomic mass is 10.1. The Hall–Kier alpha value is -3.02. The minimum Gasteiger partial charge on any atom is -0.436 e. The van der Waals surface area contributed by atoms with Crippen LogP contribution in [0.5, 0.6) is 0 Å². The molecular formula is C25H27ClN6O5S2. The molecule has 0 radical (unpaired) electrons. The lowest BCUT2D eigenvalue weighted by Crippen LogP contribution is -2.56. The molecule has 0 bridgehead atoms. The van der Waals surface area contributed by atoms with E-state index in [1.807, 2.05) is 6.92 Å². The van der Waals surface area contributed by atoms with Crippen LogP contribution in [0.4, 0.5) is 0 Å². The molecule has 2 atom stereocenters. The zero-order valence-electron chi connectivity index (χ0n) is 21.1. The quantitative estimate of drug-likeness (QED) is 0.424. The number of nitrogens with one attached hydrogen (secondary N) is 1. The van der Waals surface area contributed by atoms with Crippen molar-refractivity contribution in [3.8, 4) is 6.07 Å². The van der Waals surface area contributed by atoms with Crippen molar-refractivity contribution < 1.29 is 22.4 Å². The fourth-order valence-electron chi connectivity index (χ4n) is 5.08. The number of oxazole rings is 1. The zero-order valence-corrected chi connectivity index (χ0v) is 23.5. The summed E-state index contributed by atoms with van der Waals surface area (Å²) in [6.45, 7) is 2.62. The maximum atomic E-state index is 13.9. The lowest BCUT2D eigenvalue weighted by molar-refractivity contribution is -0.117. The fraction of sp³-hybridized carbons (Fsp3) is 0.440. The van der Waals surface area contributed by atoms with Crippen molar-refractivity contribution in [1.82, 2.24) is 19.5 Å². The van der Waals surface area contributed by atoms with Crippen molar-refractivity contribution in [2.45, 2.75) is 55.4 Å². The first-order chi connectivity index (χ1) is 18.6. The van der Waals surface area contributed by atoms with Crippen molar-refractivity contribution in [2.75, 3.05) is 19.6 Å². The number of nitriles is 1. The number of amides is 2. The number of hydrogen-bond donors (Lipinski definition) is 2. The highest BCUT2D eigenvalue weighted by molar-refractivity contribution is 7.91. The summed E-state index contributed by atoms with van der Waals surface area (Å²) in [5.74, 6) is -0.484. The number of piperazine rings is 1. The molecular weight excluding hydrogens is 564 g/mol. The molecule has 1 fully saturated rings. The summed E-state index contributed by atoms with van der Waals surface area (Å²) in [6, 6.07) is 6.71. The van der Waals surface area contributed by atoms with Crippen LogP contribution >= 0.6 is 22.9 Å². The highest BCUT2D eigenvalue weighted by Gasteiger charge is 2.40. The van der Waals surface area contributed by atoms with Gasteiger partial charge in [-0.1, -0.05) is 17.7 Å². The highest BCUT2D eigenvalue weighted by atomic mass is 35.5. The van der Waals surface area contributed by atoms with Crippen molar-refractivity contribution in [2.24, 2.45) is 5.73 Å². The van der Waals surface area contributed by atoms with Crippen molar-refractivity contribution in [3.05, 3.63) is 46.1 Å². The van der Waals surface area contributed by atoms with E-state index in [2.05, 4.69) is 16.4 Å². The molecule has 0 saturated carbocycles. The summed E-state index contributed by atoms with van der Waals surface area (Å²) >= 11 is 7.16. The maximum Gasteiger partial charge on any atom is 0.310 e. The number of nitrogens with two attached hydrogens (primary N) is 1. The van der Waals surface area contributed by atoms with Gasteiger partial charge in [-0.3, -0.25) is 9.59 Å². The van der Waals surface area contributed by atoms with Crippen LogP contribution in [0.3, 0.4) is 0 Å². The third kappa shape index (κ3) is 5.39. The highest BCUT2D eigenvalue weighted by Crippen LogP contribution is 2.38. The standard InChI is InChI=1S/C25H27ClN6O5S2/c1-14-9-19-20(12-29-14)37-23(30-19)24(34)32-8-7-31(13-16(32)3-2-6-27)39(35,36)25-18(11-22(28)33)17-5-4-15(26)10-21(17)38-25/h4-5,10,14,16,29H,2-3,7-9,11-13H2,1H3,(H2,28,33). The van der Waals surface area contributed by atoms with Crippen LogP contribution in [0.15, 0.2) is 26.8 Å². The Labute approximate surface area is 234 Å². The summed E-state index contributed by atoms with van der Waals surface area (Å²) in [7, 11) is -4.06. The molecule has 2 unspecified atom stereocenters. The van der Waals surface area contributed by atoms with Crippen LogP contribution in [-0.4, -0.2) is 66.1 Å². The summed E-state index contributed by atoms with van der Waals surface area (Å²) in [5, 5.41) is 13.5. The van der Waals surface area contributed by atoms with Crippen molar-refractivity contribution in [1.29, 1.82) is 5.26 Å². The van der Waals surface area contributed by atoms with Gasteiger partial charge in [0.2, 0.25) is 5.91 Å². The van der Waals surface area contributed by atoms with Gasteiger partial charge in [-0.15, -0.1) is 11.3 Å². The van der Waals surface area contributed by atoms with Gasteiger partial charge in [-0.25, -0.2) is 13.4 Å². The largest absolute Gasteiger partial charge is 0.436 e. The Balaban J connectivity index is 1.44. The number of primary amides is 1. The van der Waals surface area contributed by atoms with Crippen molar-refractivity contribution in [3.63, 3.8) is 0 Å². The smallest absolute Gasteiger partial charge is 0.310 e. The van der Waals surface area contributed by atoms with Crippen LogP contribution in [-0.2, 0) is 34.2 Å². The number of benzene rings is 1. The second-order valence-electron chi connectivity index (χ2n) is 9.74. The van der Waals surface area contributed by atoms with Gasteiger partial charge in [0.15, 0.2) is 0 Å². The predicted octanol–water partition coefficient (Wildman–Crippen LogP) is 2.42. The molecule has 5 rings (SSSR count). The number of aromatic nitrogens is 1. The molecule has 1 saturated heterocycles. The van der Waals surface area contributed by atoms with Crippen LogP contribution in [0.2, 0.25) is 5.02 Å². The number of rotatable bonds is 7. The van der Waals surface area contributed by atoms with Gasteiger partial charge in [0.25, 0.3) is 15.9 Å². The molecule has 0 aliphatic carbocycles. The monoisotopic (exact) mass is 590 g/mol. The number of carbonyl (C=O) groups is 2. The van der Waals surface area contributed by atoms with Gasteiger partial charge in [-0.05, 0) is 30.9 Å². The van der Waals surface area contributed by atoms with Gasteiger partial charge in [0, 0.05) is 59.8 Å². The molecule has 3 N–H and O–H groups in total. The fourth-order valence-corrected chi connectivity index (χ4v) is 8.74. The number of thiophene rings is 1. The molecule has 4 heterocycles. The van der Waals surface area contributed by atoms with E-state index in [0.29, 0.717) is 39.4 Å². The molecule has 1 aromatic carbocycles. The molecule has 14 heteroatoms. The van der Waals surface area contributed by atoms with Gasteiger partial charge in [0.1, 0.15) is 9.97 Å². The average molecular weight is 591 g/mol. The van der Waals surface area contributed by atoms with Crippen LogP contribution in [0, 0.1) is 11.3 Å². The van der Waals surface area contributed by atoms with E-state index in [1.54, 1.807) is 23.1 Å². The minimum absolute atomic E-state index is 0.0141. The Morgan fingerprint density at radius 1 is 1.36 bits per heavy atom. The number of nitrogens with zero attached hydrogens (tertiary/aromatic N) is 4. The third-order valence-corrected chi connectivity index (χ3v) is 10.8. The molecule has 2 aliphatic rings. The first-order valence-corrected chi connectivity index (χ1v) is 15.1. The third-order valence-electron chi connectivity index (χ3n) is 7.01. The minimum atomic E-state index is -4.06. The Kier molecular flexibility index (Phi) is 7.67. The van der Waals surface area contributed by atoms with Crippen LogP contribution in [0.1, 0.15) is 47.5 Å². The summed E-state index contributed by atoms with van der Waals surface area (Å²) in [6.07, 6.45) is 0.822. The molecule has 2 aliphatic heterocycles.